The summed E-state index contributed by atoms with van der Waals surface area (Å²) in [5, 5.41) is 3.25. The molecule has 2 aromatic rings. The van der Waals surface area contributed by atoms with E-state index in [0.717, 1.165) is 32.3 Å². The maximum absolute atomic E-state index is 12.8. The van der Waals surface area contributed by atoms with Crippen LogP contribution in [0.1, 0.15) is 18.4 Å². The van der Waals surface area contributed by atoms with E-state index in [9.17, 15) is 4.39 Å². The minimum absolute atomic E-state index is 0.217. The molecule has 106 valence electrons. The fourth-order valence-electron chi connectivity index (χ4n) is 1.64. The highest BCUT2D eigenvalue weighted by molar-refractivity contribution is 14.1. The van der Waals surface area contributed by atoms with E-state index in [1.165, 1.54) is 12.1 Å². The van der Waals surface area contributed by atoms with Crippen molar-refractivity contribution in [3.8, 4) is 0 Å². The molecular weight excluding hydrogens is 388 g/mol. The first-order valence-corrected chi connectivity index (χ1v) is 8.32. The maximum Gasteiger partial charge on any atom is 0.143 e. The van der Waals surface area contributed by atoms with Gasteiger partial charge in [-0.3, -0.25) is 0 Å². The van der Waals surface area contributed by atoms with Gasteiger partial charge in [-0.05, 0) is 60.7 Å². The Balaban J connectivity index is 2.11. The summed E-state index contributed by atoms with van der Waals surface area (Å²) in [5.74, 6) is 2.12. The quantitative estimate of drug-likeness (QED) is 0.599. The summed E-state index contributed by atoms with van der Waals surface area (Å²) >= 11 is 3.85. The lowest BCUT2D eigenvalue weighted by Gasteiger charge is -2.10. The lowest BCUT2D eigenvalue weighted by molar-refractivity contribution is 0.626. The SMILES string of the molecule is CCNc1nc(CSc2ccc(F)cc2)nc(C)c1I. The van der Waals surface area contributed by atoms with Crippen LogP contribution >= 0.6 is 34.4 Å². The molecule has 1 aromatic heterocycles. The van der Waals surface area contributed by atoms with E-state index in [2.05, 4.69) is 37.9 Å². The number of anilines is 1. The molecule has 0 radical (unpaired) electrons. The molecule has 0 amide bonds. The molecule has 0 fully saturated rings. The fourth-order valence-corrected chi connectivity index (χ4v) is 2.83. The number of rotatable bonds is 5. The van der Waals surface area contributed by atoms with E-state index in [0.29, 0.717) is 5.75 Å². The zero-order valence-corrected chi connectivity index (χ0v) is 14.3. The van der Waals surface area contributed by atoms with E-state index >= 15 is 0 Å². The Hall–Kier alpha value is -0.890. The molecule has 1 N–H and O–H groups in total. The predicted octanol–water partition coefficient (Wildman–Crippen LogP) is 4.25. The summed E-state index contributed by atoms with van der Waals surface area (Å²) in [6.45, 7) is 4.85. The summed E-state index contributed by atoms with van der Waals surface area (Å²) in [6, 6.07) is 6.47. The van der Waals surface area contributed by atoms with Gasteiger partial charge in [0.05, 0.1) is 15.0 Å². The van der Waals surface area contributed by atoms with Crippen molar-refractivity contribution in [2.75, 3.05) is 11.9 Å². The number of halogens is 2. The summed E-state index contributed by atoms with van der Waals surface area (Å²) in [7, 11) is 0. The first-order chi connectivity index (χ1) is 9.60. The fraction of sp³-hybridized carbons (Fsp3) is 0.286. The van der Waals surface area contributed by atoms with Gasteiger partial charge in [0.25, 0.3) is 0 Å². The second kappa shape index (κ2) is 7.21. The van der Waals surface area contributed by atoms with E-state index in [1.54, 1.807) is 23.9 Å². The highest BCUT2D eigenvalue weighted by atomic mass is 127. The molecule has 0 bridgehead atoms. The van der Waals surface area contributed by atoms with Crippen molar-refractivity contribution < 1.29 is 4.39 Å². The van der Waals surface area contributed by atoms with Crippen molar-refractivity contribution in [2.24, 2.45) is 0 Å². The Morgan fingerprint density at radius 3 is 2.60 bits per heavy atom. The first kappa shape index (κ1) is 15.5. The Kier molecular flexibility index (Phi) is 5.59. The minimum Gasteiger partial charge on any atom is -0.369 e. The molecule has 0 spiro atoms. The Labute approximate surface area is 135 Å². The Bertz CT molecular complexity index is 590. The summed E-state index contributed by atoms with van der Waals surface area (Å²) in [4.78, 5) is 10.0. The number of aromatic nitrogens is 2. The van der Waals surface area contributed by atoms with Crippen LogP contribution in [0.3, 0.4) is 0 Å². The van der Waals surface area contributed by atoms with Crippen molar-refractivity contribution in [2.45, 2.75) is 24.5 Å². The van der Waals surface area contributed by atoms with Crippen molar-refractivity contribution in [3.63, 3.8) is 0 Å². The highest BCUT2D eigenvalue weighted by Crippen LogP contribution is 2.24. The zero-order chi connectivity index (χ0) is 14.5. The van der Waals surface area contributed by atoms with Gasteiger partial charge in [-0.2, -0.15) is 0 Å². The molecule has 0 atom stereocenters. The molecule has 0 aliphatic carbocycles. The van der Waals surface area contributed by atoms with E-state index < -0.39 is 0 Å². The van der Waals surface area contributed by atoms with Crippen LogP contribution in [0, 0.1) is 16.3 Å². The van der Waals surface area contributed by atoms with Crippen molar-refractivity contribution >= 4 is 40.2 Å². The molecule has 2 rings (SSSR count). The highest BCUT2D eigenvalue weighted by Gasteiger charge is 2.09. The number of hydrogen-bond acceptors (Lipinski definition) is 4. The second-order valence-electron chi connectivity index (χ2n) is 4.16. The van der Waals surface area contributed by atoms with Crippen LogP contribution in [0.15, 0.2) is 29.2 Å². The van der Waals surface area contributed by atoms with Crippen LogP contribution < -0.4 is 5.32 Å². The third kappa shape index (κ3) is 4.05. The zero-order valence-electron chi connectivity index (χ0n) is 11.3. The third-order valence-electron chi connectivity index (χ3n) is 2.59. The Morgan fingerprint density at radius 2 is 1.95 bits per heavy atom. The molecule has 3 nitrogen and oxygen atoms in total. The minimum atomic E-state index is -0.217. The standard InChI is InChI=1S/C14H15FIN3S/c1-3-17-14-13(16)9(2)18-12(19-14)8-20-11-6-4-10(15)5-7-11/h4-7H,3,8H2,1-2H3,(H,17,18,19). The third-order valence-corrected chi connectivity index (χ3v) is 4.89. The van der Waals surface area contributed by atoms with Crippen LogP contribution in [0.2, 0.25) is 0 Å². The predicted molar refractivity (Wildman–Crippen MR) is 89.6 cm³/mol. The summed E-state index contributed by atoms with van der Waals surface area (Å²) in [6.07, 6.45) is 0. The Morgan fingerprint density at radius 1 is 1.25 bits per heavy atom. The van der Waals surface area contributed by atoms with Gasteiger partial charge in [0, 0.05) is 11.4 Å². The van der Waals surface area contributed by atoms with Crippen LogP contribution in [-0.4, -0.2) is 16.5 Å². The average Bonchev–Trinajstić information content (AvgIpc) is 2.44. The molecule has 20 heavy (non-hydrogen) atoms. The van der Waals surface area contributed by atoms with Crippen LogP contribution in [-0.2, 0) is 5.75 Å². The number of thioether (sulfide) groups is 1. The van der Waals surface area contributed by atoms with Gasteiger partial charge >= 0.3 is 0 Å². The molecule has 6 heteroatoms. The van der Waals surface area contributed by atoms with Crippen molar-refractivity contribution in [1.29, 1.82) is 0 Å². The summed E-state index contributed by atoms with van der Waals surface area (Å²) < 4.78 is 13.9. The van der Waals surface area contributed by atoms with Crippen LogP contribution in [0.5, 0.6) is 0 Å². The van der Waals surface area contributed by atoms with E-state index in [-0.39, 0.29) is 5.82 Å². The largest absolute Gasteiger partial charge is 0.369 e. The van der Waals surface area contributed by atoms with Gasteiger partial charge in [-0.25, -0.2) is 14.4 Å². The van der Waals surface area contributed by atoms with Crippen molar-refractivity contribution in [3.05, 3.63) is 45.2 Å². The molecular formula is C14H15FIN3S. The normalized spacial score (nSPS) is 10.6. The number of aryl methyl sites for hydroxylation is 1. The molecule has 0 saturated carbocycles. The molecule has 0 aliphatic rings. The van der Waals surface area contributed by atoms with Crippen LogP contribution in [0.25, 0.3) is 0 Å². The maximum atomic E-state index is 12.8. The van der Waals surface area contributed by atoms with Gasteiger partial charge in [-0.1, -0.05) is 0 Å². The lowest BCUT2D eigenvalue weighted by atomic mass is 10.4. The molecule has 1 aromatic carbocycles. The topological polar surface area (TPSA) is 37.8 Å². The number of nitrogens with one attached hydrogen (secondary N) is 1. The molecule has 1 heterocycles. The van der Waals surface area contributed by atoms with Crippen molar-refractivity contribution in [1.82, 2.24) is 9.97 Å². The lowest BCUT2D eigenvalue weighted by Crippen LogP contribution is -2.07. The van der Waals surface area contributed by atoms with E-state index in [4.69, 9.17) is 0 Å². The smallest absolute Gasteiger partial charge is 0.143 e. The number of hydrogen-bond donors (Lipinski definition) is 1. The second-order valence-corrected chi connectivity index (χ2v) is 6.29. The summed E-state index contributed by atoms with van der Waals surface area (Å²) in [5.41, 5.74) is 0.978. The van der Waals surface area contributed by atoms with E-state index in [1.807, 2.05) is 13.8 Å². The molecule has 0 saturated heterocycles. The molecule has 0 aliphatic heterocycles. The van der Waals surface area contributed by atoms with Gasteiger partial charge in [0.1, 0.15) is 17.5 Å². The first-order valence-electron chi connectivity index (χ1n) is 6.25. The molecule has 0 unspecified atom stereocenters. The van der Waals surface area contributed by atoms with Gasteiger partial charge in [0.15, 0.2) is 0 Å². The monoisotopic (exact) mass is 403 g/mol. The van der Waals surface area contributed by atoms with Gasteiger partial charge in [0.2, 0.25) is 0 Å². The van der Waals surface area contributed by atoms with Gasteiger partial charge in [-0.15, -0.1) is 11.8 Å². The number of benzene rings is 1. The number of nitrogens with zero attached hydrogens (tertiary/aromatic N) is 2. The average molecular weight is 403 g/mol. The van der Waals surface area contributed by atoms with Crippen LogP contribution in [0.4, 0.5) is 10.2 Å². The van der Waals surface area contributed by atoms with Gasteiger partial charge < -0.3 is 5.32 Å².